The summed E-state index contributed by atoms with van der Waals surface area (Å²) in [6.07, 6.45) is -5.79. The number of ether oxygens (including phenoxy) is 2. The molecule has 8 nitrogen and oxygen atoms in total. The average Bonchev–Trinajstić information content (AvgIpc) is 3.33. The molecule has 0 aromatic heterocycles. The first-order valence-corrected chi connectivity index (χ1v) is 8.81. The van der Waals surface area contributed by atoms with Crippen LogP contribution in [-0.4, -0.2) is 35.6 Å². The molecule has 2 amide bonds. The molecule has 2 aliphatic heterocycles. The van der Waals surface area contributed by atoms with Gasteiger partial charge in [-0.2, -0.15) is 13.2 Å². The molecule has 1 unspecified atom stereocenters. The maximum atomic E-state index is 12.9. The summed E-state index contributed by atoms with van der Waals surface area (Å²) in [5.74, 6) is -2.21. The first kappa shape index (κ1) is 19.8. The number of urea groups is 1. The second-order valence-electron chi connectivity index (χ2n) is 6.66. The Bertz CT molecular complexity index is 1010. The molecule has 11 heteroatoms. The number of aliphatic hydroxyl groups is 1. The van der Waals surface area contributed by atoms with E-state index in [2.05, 4.69) is 20.6 Å². The summed E-state index contributed by atoms with van der Waals surface area (Å²) in [5, 5.41) is 18.2. The van der Waals surface area contributed by atoms with Crippen molar-refractivity contribution in [1.82, 2.24) is 5.32 Å². The van der Waals surface area contributed by atoms with Crippen LogP contribution in [0.5, 0.6) is 11.5 Å². The molecule has 30 heavy (non-hydrogen) atoms. The van der Waals surface area contributed by atoms with Crippen LogP contribution in [0.1, 0.15) is 17.5 Å². The van der Waals surface area contributed by atoms with Gasteiger partial charge >= 0.3 is 18.0 Å². The normalized spacial score (nSPS) is 19.8. The van der Waals surface area contributed by atoms with Gasteiger partial charge in [0.2, 0.25) is 6.79 Å². The van der Waals surface area contributed by atoms with E-state index < -0.39 is 24.4 Å². The van der Waals surface area contributed by atoms with Crippen LogP contribution in [0, 0.1) is 0 Å². The molecular formula is C19H16F3N3O5. The van der Waals surface area contributed by atoms with Crippen LogP contribution in [0.15, 0.2) is 47.6 Å². The highest BCUT2D eigenvalue weighted by Crippen LogP contribution is 2.39. The van der Waals surface area contributed by atoms with Crippen molar-refractivity contribution in [3.05, 3.63) is 53.6 Å². The van der Waals surface area contributed by atoms with Crippen molar-refractivity contribution in [3.8, 4) is 11.5 Å². The maximum Gasteiger partial charge on any atom is 0.458 e. The number of carbonyl (C=O) groups excluding carboxylic acids is 1. The number of nitrogens with one attached hydrogen (secondary N) is 2. The molecule has 3 N–H and O–H groups in total. The molecule has 0 aliphatic carbocycles. The van der Waals surface area contributed by atoms with Gasteiger partial charge in [-0.25, -0.2) is 4.79 Å². The smallest absolute Gasteiger partial charge is 0.454 e. The second kappa shape index (κ2) is 7.41. The number of amides is 2. The maximum absolute atomic E-state index is 12.9. The van der Waals surface area contributed by atoms with Gasteiger partial charge in [-0.1, -0.05) is 23.4 Å². The average molecular weight is 423 g/mol. The van der Waals surface area contributed by atoms with E-state index >= 15 is 0 Å². The molecule has 1 atom stereocenters. The summed E-state index contributed by atoms with van der Waals surface area (Å²) in [6, 6.07) is 10.9. The third kappa shape index (κ3) is 3.96. The van der Waals surface area contributed by atoms with Crippen LogP contribution in [0.25, 0.3) is 0 Å². The van der Waals surface area contributed by atoms with E-state index in [0.29, 0.717) is 28.3 Å². The lowest BCUT2D eigenvalue weighted by atomic mass is 10.0. The van der Waals surface area contributed by atoms with Gasteiger partial charge in [0.25, 0.3) is 0 Å². The number of benzene rings is 2. The van der Waals surface area contributed by atoms with Crippen LogP contribution in [-0.2, 0) is 11.4 Å². The fourth-order valence-corrected chi connectivity index (χ4v) is 2.92. The highest BCUT2D eigenvalue weighted by atomic mass is 19.4. The predicted molar refractivity (Wildman–Crippen MR) is 98.1 cm³/mol. The minimum atomic E-state index is -4.97. The van der Waals surface area contributed by atoms with Crippen LogP contribution in [0.2, 0.25) is 0 Å². The molecule has 0 saturated heterocycles. The summed E-state index contributed by atoms with van der Waals surface area (Å²) >= 11 is 0. The van der Waals surface area contributed by atoms with E-state index in [1.54, 1.807) is 42.5 Å². The lowest BCUT2D eigenvalue weighted by molar-refractivity contribution is -0.355. The number of fused-ring (bicyclic) bond motifs is 1. The molecule has 2 aromatic rings. The Kier molecular flexibility index (Phi) is 4.90. The summed E-state index contributed by atoms with van der Waals surface area (Å²) in [7, 11) is 0. The quantitative estimate of drug-likeness (QED) is 0.702. The van der Waals surface area contributed by atoms with Crippen molar-refractivity contribution in [2.45, 2.75) is 24.9 Å². The highest BCUT2D eigenvalue weighted by molar-refractivity contribution is 6.01. The van der Waals surface area contributed by atoms with Gasteiger partial charge in [-0.05, 0) is 29.3 Å². The first-order chi connectivity index (χ1) is 14.2. The summed E-state index contributed by atoms with van der Waals surface area (Å²) in [4.78, 5) is 16.4. The van der Waals surface area contributed by atoms with Crippen molar-refractivity contribution in [2.75, 3.05) is 12.1 Å². The van der Waals surface area contributed by atoms with Crippen LogP contribution < -0.4 is 20.1 Å². The monoisotopic (exact) mass is 423 g/mol. The number of halogens is 3. The largest absolute Gasteiger partial charge is 0.458 e. The van der Waals surface area contributed by atoms with Gasteiger partial charge < -0.3 is 30.1 Å². The van der Waals surface area contributed by atoms with E-state index in [-0.39, 0.29) is 19.0 Å². The fraction of sp³-hybridized carbons (Fsp3) is 0.263. The molecule has 0 bridgehead atoms. The van der Waals surface area contributed by atoms with Crippen LogP contribution in [0.3, 0.4) is 0 Å². The Labute approximate surface area is 168 Å². The number of oxime groups is 1. The van der Waals surface area contributed by atoms with E-state index in [0.717, 1.165) is 0 Å². The predicted octanol–water partition coefficient (Wildman–Crippen LogP) is 3.11. The molecule has 0 spiro atoms. The highest BCUT2D eigenvalue weighted by Gasteiger charge is 2.60. The topological polar surface area (TPSA) is 101 Å². The minimum Gasteiger partial charge on any atom is -0.454 e. The van der Waals surface area contributed by atoms with Gasteiger partial charge in [0.05, 0.1) is 12.1 Å². The van der Waals surface area contributed by atoms with Crippen LogP contribution in [0.4, 0.5) is 23.7 Å². The summed E-state index contributed by atoms with van der Waals surface area (Å²) < 4.78 is 49.0. The van der Waals surface area contributed by atoms with Gasteiger partial charge in [-0.15, -0.1) is 0 Å². The Morgan fingerprint density at radius 3 is 2.73 bits per heavy atom. The summed E-state index contributed by atoms with van der Waals surface area (Å²) in [6.45, 7) is 0.236. The number of carbonyl (C=O) groups is 1. The molecule has 0 saturated carbocycles. The Morgan fingerprint density at radius 2 is 1.97 bits per heavy atom. The molecule has 158 valence electrons. The standard InChI is InChI=1S/C19H16F3N3O5/c20-19(21,22)18(27)8-14(25-30-18)12-3-1-2-11(6-12)9-23-17(26)24-13-4-5-15-16(7-13)29-10-28-15/h1-7,27H,8-10H2,(H2,23,24,26). The molecule has 2 heterocycles. The zero-order chi connectivity index (χ0) is 21.4. The molecule has 2 aliphatic rings. The number of rotatable bonds is 4. The molecular weight excluding hydrogens is 407 g/mol. The van der Waals surface area contributed by atoms with Gasteiger partial charge in [-0.3, -0.25) is 0 Å². The zero-order valence-electron chi connectivity index (χ0n) is 15.3. The van der Waals surface area contributed by atoms with Crippen molar-refractivity contribution >= 4 is 17.4 Å². The number of nitrogens with zero attached hydrogens (tertiary/aromatic N) is 1. The molecule has 0 fully saturated rings. The Balaban J connectivity index is 1.35. The van der Waals surface area contributed by atoms with E-state index in [1.165, 1.54) is 0 Å². The Morgan fingerprint density at radius 1 is 1.17 bits per heavy atom. The van der Waals surface area contributed by atoms with Crippen molar-refractivity contribution in [1.29, 1.82) is 0 Å². The van der Waals surface area contributed by atoms with Crippen molar-refractivity contribution in [2.24, 2.45) is 5.16 Å². The van der Waals surface area contributed by atoms with Gasteiger partial charge in [0, 0.05) is 18.3 Å². The van der Waals surface area contributed by atoms with Gasteiger partial charge in [0.15, 0.2) is 11.5 Å². The lowest BCUT2D eigenvalue weighted by Crippen LogP contribution is -2.45. The van der Waals surface area contributed by atoms with E-state index in [9.17, 15) is 23.1 Å². The number of alkyl halides is 3. The first-order valence-electron chi connectivity index (χ1n) is 8.81. The fourth-order valence-electron chi connectivity index (χ4n) is 2.92. The third-order valence-corrected chi connectivity index (χ3v) is 4.50. The van der Waals surface area contributed by atoms with Crippen molar-refractivity contribution < 1.29 is 37.4 Å². The van der Waals surface area contributed by atoms with E-state index in [4.69, 9.17) is 9.47 Å². The number of hydrogen-bond acceptors (Lipinski definition) is 6. The Hall–Kier alpha value is -3.47. The second-order valence-corrected chi connectivity index (χ2v) is 6.66. The van der Waals surface area contributed by atoms with Crippen LogP contribution >= 0.6 is 0 Å². The van der Waals surface area contributed by atoms with Crippen molar-refractivity contribution in [3.63, 3.8) is 0 Å². The molecule has 4 rings (SSSR count). The zero-order valence-corrected chi connectivity index (χ0v) is 15.3. The third-order valence-electron chi connectivity index (χ3n) is 4.50. The number of hydrogen-bond donors (Lipinski definition) is 3. The van der Waals surface area contributed by atoms with E-state index in [1.807, 2.05) is 0 Å². The lowest BCUT2D eigenvalue weighted by Gasteiger charge is -2.22. The van der Waals surface area contributed by atoms with Gasteiger partial charge in [0.1, 0.15) is 0 Å². The number of anilines is 1. The SMILES string of the molecule is O=C(NCc1cccc(C2=NOC(O)(C(F)(F)F)C2)c1)Nc1ccc2c(c1)OCO2. The molecule has 2 aromatic carbocycles. The minimum absolute atomic E-state index is 0.0403. The summed E-state index contributed by atoms with van der Waals surface area (Å²) in [5.41, 5.74) is 1.44. The molecule has 0 radical (unpaired) electrons.